The van der Waals surface area contributed by atoms with Gasteiger partial charge in [-0.05, 0) is 66.5 Å². The van der Waals surface area contributed by atoms with Crippen LogP contribution in [-0.4, -0.2) is 22.8 Å². The highest BCUT2D eigenvalue weighted by Gasteiger charge is 2.31. The molecule has 1 aromatic heterocycles. The summed E-state index contributed by atoms with van der Waals surface area (Å²) in [6.45, 7) is 1.87. The molecule has 0 saturated carbocycles. The molecule has 1 atom stereocenters. The Hall–Kier alpha value is -1.61. The SMILES string of the molecule is CCCS(=O)c1snc(-c2ccc(F)cc2)c1S(=O)(=O)c1ccc(Cl)cc1. The first-order valence-electron chi connectivity index (χ1n) is 7.99. The van der Waals surface area contributed by atoms with Gasteiger partial charge in [0.2, 0.25) is 9.84 Å². The standard InChI is InChI=1S/C18H15ClFNO3S3/c1-2-11-26(22)18-17(27(23,24)15-9-5-13(19)6-10-15)16(21-25-18)12-3-7-14(20)8-4-12/h3-10H,2,11H2,1H3. The van der Waals surface area contributed by atoms with Crippen molar-refractivity contribution >= 4 is 43.8 Å². The third-order valence-electron chi connectivity index (χ3n) is 3.73. The Bertz CT molecular complexity index is 1080. The summed E-state index contributed by atoms with van der Waals surface area (Å²) in [6, 6.07) is 11.1. The number of hydrogen-bond acceptors (Lipinski definition) is 5. The molecule has 27 heavy (non-hydrogen) atoms. The predicted octanol–water partition coefficient (Wildman–Crippen LogP) is 4.95. The predicted molar refractivity (Wildman–Crippen MR) is 106 cm³/mol. The molecule has 1 unspecified atom stereocenters. The van der Waals surface area contributed by atoms with Gasteiger partial charge in [0, 0.05) is 16.3 Å². The molecule has 0 aliphatic heterocycles. The number of aromatic nitrogens is 1. The number of hydrogen-bond donors (Lipinski definition) is 0. The van der Waals surface area contributed by atoms with Crippen LogP contribution in [0.4, 0.5) is 4.39 Å². The van der Waals surface area contributed by atoms with Gasteiger partial charge in [0.25, 0.3) is 0 Å². The minimum absolute atomic E-state index is 0.0326. The second kappa shape index (κ2) is 8.18. The number of halogens is 2. The zero-order valence-electron chi connectivity index (χ0n) is 14.2. The molecule has 0 spiro atoms. The fourth-order valence-electron chi connectivity index (χ4n) is 2.45. The van der Waals surface area contributed by atoms with E-state index in [0.29, 0.717) is 22.8 Å². The minimum Gasteiger partial charge on any atom is -0.253 e. The van der Waals surface area contributed by atoms with E-state index >= 15 is 0 Å². The van der Waals surface area contributed by atoms with E-state index in [1.165, 1.54) is 48.5 Å². The van der Waals surface area contributed by atoms with Crippen LogP contribution in [-0.2, 0) is 20.6 Å². The molecule has 0 bridgehead atoms. The van der Waals surface area contributed by atoms with Gasteiger partial charge in [-0.2, -0.15) is 4.37 Å². The van der Waals surface area contributed by atoms with E-state index in [0.717, 1.165) is 11.5 Å². The number of benzene rings is 2. The average Bonchev–Trinajstić information content (AvgIpc) is 3.09. The highest BCUT2D eigenvalue weighted by atomic mass is 35.5. The zero-order valence-corrected chi connectivity index (χ0v) is 17.4. The lowest BCUT2D eigenvalue weighted by atomic mass is 10.1. The van der Waals surface area contributed by atoms with E-state index < -0.39 is 26.5 Å². The molecular formula is C18H15ClFNO3S3. The molecule has 0 aliphatic carbocycles. The van der Waals surface area contributed by atoms with Crippen molar-refractivity contribution in [3.05, 3.63) is 59.4 Å². The molecule has 0 radical (unpaired) electrons. The van der Waals surface area contributed by atoms with Crippen LogP contribution in [0.5, 0.6) is 0 Å². The van der Waals surface area contributed by atoms with Crippen molar-refractivity contribution in [3.8, 4) is 11.3 Å². The van der Waals surface area contributed by atoms with Crippen LogP contribution in [0.25, 0.3) is 11.3 Å². The van der Waals surface area contributed by atoms with Crippen molar-refractivity contribution < 1.29 is 17.0 Å². The van der Waals surface area contributed by atoms with Crippen LogP contribution in [0, 0.1) is 5.82 Å². The van der Waals surface area contributed by atoms with Crippen LogP contribution < -0.4 is 0 Å². The molecule has 3 aromatic rings. The average molecular weight is 444 g/mol. The van der Waals surface area contributed by atoms with Crippen LogP contribution in [0.2, 0.25) is 5.02 Å². The summed E-state index contributed by atoms with van der Waals surface area (Å²) in [7, 11) is -5.49. The molecule has 2 aromatic carbocycles. The van der Waals surface area contributed by atoms with Gasteiger partial charge in [0.05, 0.1) is 15.7 Å². The Morgan fingerprint density at radius 3 is 2.33 bits per heavy atom. The van der Waals surface area contributed by atoms with E-state index in [2.05, 4.69) is 4.37 Å². The molecule has 9 heteroatoms. The number of nitrogens with zero attached hydrogens (tertiary/aromatic N) is 1. The van der Waals surface area contributed by atoms with Gasteiger partial charge in [-0.15, -0.1) is 0 Å². The van der Waals surface area contributed by atoms with Crippen molar-refractivity contribution in [2.75, 3.05) is 5.75 Å². The van der Waals surface area contributed by atoms with E-state index in [4.69, 9.17) is 11.6 Å². The summed E-state index contributed by atoms with van der Waals surface area (Å²) in [5, 5.41) is 0.408. The summed E-state index contributed by atoms with van der Waals surface area (Å²) in [6.07, 6.45) is 0.636. The lowest BCUT2D eigenvalue weighted by Crippen LogP contribution is -2.07. The Morgan fingerprint density at radius 1 is 1.11 bits per heavy atom. The van der Waals surface area contributed by atoms with E-state index in [1.54, 1.807) is 0 Å². The second-order valence-electron chi connectivity index (χ2n) is 5.66. The summed E-state index contributed by atoms with van der Waals surface area (Å²) in [5.74, 6) is -0.111. The quantitative estimate of drug-likeness (QED) is 0.540. The van der Waals surface area contributed by atoms with Crippen LogP contribution >= 0.6 is 23.1 Å². The first-order chi connectivity index (χ1) is 12.8. The largest absolute Gasteiger partial charge is 0.253 e. The Labute approximate surface area is 168 Å². The summed E-state index contributed by atoms with van der Waals surface area (Å²) < 4.78 is 57.0. The molecule has 0 N–H and O–H groups in total. The van der Waals surface area contributed by atoms with Gasteiger partial charge in [-0.25, -0.2) is 12.8 Å². The van der Waals surface area contributed by atoms with Crippen molar-refractivity contribution in [2.45, 2.75) is 27.3 Å². The number of sulfone groups is 1. The zero-order chi connectivity index (χ0) is 19.6. The summed E-state index contributed by atoms with van der Waals surface area (Å²) in [5.41, 5.74) is 0.620. The van der Waals surface area contributed by atoms with Crippen molar-refractivity contribution in [1.82, 2.24) is 4.37 Å². The molecule has 0 amide bonds. The third-order valence-corrected chi connectivity index (χ3v) is 8.89. The normalized spacial score (nSPS) is 12.9. The lowest BCUT2D eigenvalue weighted by Gasteiger charge is -2.08. The van der Waals surface area contributed by atoms with E-state index in [9.17, 15) is 17.0 Å². The molecule has 4 nitrogen and oxygen atoms in total. The van der Waals surface area contributed by atoms with E-state index in [1.807, 2.05) is 6.92 Å². The monoisotopic (exact) mass is 443 g/mol. The topological polar surface area (TPSA) is 64.1 Å². The van der Waals surface area contributed by atoms with Gasteiger partial charge in [0.1, 0.15) is 20.6 Å². The maximum atomic E-state index is 13.3. The third kappa shape index (κ3) is 4.13. The van der Waals surface area contributed by atoms with Gasteiger partial charge in [0.15, 0.2) is 0 Å². The number of rotatable bonds is 6. The van der Waals surface area contributed by atoms with Gasteiger partial charge >= 0.3 is 0 Å². The highest BCUT2D eigenvalue weighted by Crippen LogP contribution is 2.38. The highest BCUT2D eigenvalue weighted by molar-refractivity contribution is 7.93. The van der Waals surface area contributed by atoms with Gasteiger partial charge in [-0.1, -0.05) is 18.5 Å². The van der Waals surface area contributed by atoms with E-state index in [-0.39, 0.29) is 19.7 Å². The van der Waals surface area contributed by atoms with Crippen molar-refractivity contribution in [2.24, 2.45) is 0 Å². The molecule has 1 heterocycles. The molecule has 142 valence electrons. The maximum Gasteiger partial charge on any atom is 0.210 e. The molecule has 0 aliphatic rings. The van der Waals surface area contributed by atoms with Crippen LogP contribution in [0.3, 0.4) is 0 Å². The van der Waals surface area contributed by atoms with Crippen molar-refractivity contribution in [3.63, 3.8) is 0 Å². The smallest absolute Gasteiger partial charge is 0.210 e. The molecule has 3 rings (SSSR count). The van der Waals surface area contributed by atoms with Crippen LogP contribution in [0.1, 0.15) is 13.3 Å². The lowest BCUT2D eigenvalue weighted by molar-refractivity contribution is 0.594. The Kier molecular flexibility index (Phi) is 6.10. The summed E-state index contributed by atoms with van der Waals surface area (Å²) in [4.78, 5) is -0.0570. The molecule has 0 fully saturated rings. The van der Waals surface area contributed by atoms with Crippen LogP contribution in [0.15, 0.2) is 62.5 Å². The van der Waals surface area contributed by atoms with Gasteiger partial charge < -0.3 is 0 Å². The summed E-state index contributed by atoms with van der Waals surface area (Å²) >= 11 is 6.76. The Morgan fingerprint density at radius 2 is 1.74 bits per heavy atom. The Balaban J connectivity index is 2.24. The molecule has 0 saturated heterocycles. The molecular weight excluding hydrogens is 429 g/mol. The maximum absolute atomic E-state index is 13.3. The fourth-order valence-corrected chi connectivity index (χ4v) is 7.15. The first-order valence-corrected chi connectivity index (χ1v) is 11.9. The first kappa shape index (κ1) is 20.1. The minimum atomic E-state index is -3.99. The fraction of sp³-hybridized carbons (Fsp3) is 0.167. The van der Waals surface area contributed by atoms with Crippen molar-refractivity contribution in [1.29, 1.82) is 0 Å². The van der Waals surface area contributed by atoms with Gasteiger partial charge in [-0.3, -0.25) is 4.21 Å². The second-order valence-corrected chi connectivity index (χ2v) is 10.5.